The van der Waals surface area contributed by atoms with Gasteiger partial charge >= 0.3 is 0 Å². The Kier molecular flexibility index (Phi) is 4.92. The molecule has 0 saturated carbocycles. The molecule has 4 aromatic rings. The number of fused-ring (bicyclic) bond motifs is 1. The van der Waals surface area contributed by atoms with Gasteiger partial charge in [-0.15, -0.1) is 11.3 Å². The van der Waals surface area contributed by atoms with E-state index >= 15 is 0 Å². The number of thiazole rings is 1. The van der Waals surface area contributed by atoms with Crippen molar-refractivity contribution < 1.29 is 9.18 Å². The minimum absolute atomic E-state index is 0.0918. The van der Waals surface area contributed by atoms with Crippen LogP contribution in [0, 0.1) is 12.7 Å². The van der Waals surface area contributed by atoms with Crippen LogP contribution in [-0.2, 0) is 17.8 Å². The Morgan fingerprint density at radius 2 is 2.18 bits per heavy atom. The number of halogens is 1. The first kappa shape index (κ1) is 18.3. The van der Waals surface area contributed by atoms with E-state index in [0.717, 1.165) is 33.7 Å². The molecular formula is C21H19FN4OS. The molecule has 28 heavy (non-hydrogen) atoms. The summed E-state index contributed by atoms with van der Waals surface area (Å²) in [5.41, 5.74) is 3.57. The molecule has 4 rings (SSSR count). The van der Waals surface area contributed by atoms with Crippen LogP contribution >= 0.6 is 11.3 Å². The Hall–Kier alpha value is -3.06. The lowest BCUT2D eigenvalue weighted by atomic mass is 10.2. The number of hydrogen-bond acceptors (Lipinski definition) is 4. The van der Waals surface area contributed by atoms with Crippen molar-refractivity contribution in [3.05, 3.63) is 65.2 Å². The number of benzene rings is 1. The SMILES string of the molecule is CCn1cc(-c2nc(CC(=O)Nc3ccc(C)cc3F)cs2)c2cccnc21. The van der Waals surface area contributed by atoms with E-state index in [1.807, 2.05) is 23.7 Å². The summed E-state index contributed by atoms with van der Waals surface area (Å²) >= 11 is 1.49. The number of nitrogens with zero attached hydrogens (tertiary/aromatic N) is 3. The summed E-state index contributed by atoms with van der Waals surface area (Å²) < 4.78 is 16.0. The molecule has 1 amide bonds. The predicted molar refractivity (Wildman–Crippen MR) is 110 cm³/mol. The summed E-state index contributed by atoms with van der Waals surface area (Å²) in [5.74, 6) is -0.732. The van der Waals surface area contributed by atoms with E-state index in [4.69, 9.17) is 0 Å². The van der Waals surface area contributed by atoms with Gasteiger partial charge in [-0.05, 0) is 43.7 Å². The Bertz CT molecular complexity index is 1160. The molecule has 1 aromatic carbocycles. The van der Waals surface area contributed by atoms with Crippen LogP contribution < -0.4 is 5.32 Å². The van der Waals surface area contributed by atoms with Crippen LogP contribution in [0.25, 0.3) is 21.6 Å². The van der Waals surface area contributed by atoms with Gasteiger partial charge in [0.05, 0.1) is 17.8 Å². The number of carbonyl (C=O) groups is 1. The molecule has 142 valence electrons. The highest BCUT2D eigenvalue weighted by molar-refractivity contribution is 7.13. The van der Waals surface area contributed by atoms with Crippen LogP contribution in [0.2, 0.25) is 0 Å². The second-order valence-electron chi connectivity index (χ2n) is 6.56. The van der Waals surface area contributed by atoms with Crippen molar-refractivity contribution in [3.8, 4) is 10.6 Å². The van der Waals surface area contributed by atoms with Gasteiger partial charge in [-0.1, -0.05) is 6.07 Å². The molecule has 0 aliphatic heterocycles. The fourth-order valence-corrected chi connectivity index (χ4v) is 3.97. The molecule has 0 aliphatic carbocycles. The lowest BCUT2D eigenvalue weighted by Crippen LogP contribution is -2.15. The number of aryl methyl sites for hydroxylation is 2. The van der Waals surface area contributed by atoms with Crippen LogP contribution in [0.1, 0.15) is 18.2 Å². The molecule has 0 bridgehead atoms. The fourth-order valence-electron chi connectivity index (χ4n) is 3.13. The van der Waals surface area contributed by atoms with E-state index in [0.29, 0.717) is 5.69 Å². The van der Waals surface area contributed by atoms with Crippen molar-refractivity contribution in [1.82, 2.24) is 14.5 Å². The third kappa shape index (κ3) is 3.53. The molecular weight excluding hydrogens is 375 g/mol. The lowest BCUT2D eigenvalue weighted by Gasteiger charge is -2.06. The summed E-state index contributed by atoms with van der Waals surface area (Å²) in [5, 5.41) is 6.36. The molecule has 0 radical (unpaired) electrons. The number of anilines is 1. The maximum atomic E-state index is 13.9. The lowest BCUT2D eigenvalue weighted by molar-refractivity contribution is -0.115. The average molecular weight is 394 g/mol. The van der Waals surface area contributed by atoms with Crippen molar-refractivity contribution in [2.45, 2.75) is 26.8 Å². The number of nitrogens with one attached hydrogen (secondary N) is 1. The maximum Gasteiger partial charge on any atom is 0.230 e. The predicted octanol–water partition coefficient (Wildman–Crippen LogP) is 4.81. The van der Waals surface area contributed by atoms with Crippen LogP contribution in [0.4, 0.5) is 10.1 Å². The Balaban J connectivity index is 1.54. The monoisotopic (exact) mass is 394 g/mol. The number of hydrogen-bond donors (Lipinski definition) is 1. The van der Waals surface area contributed by atoms with Gasteiger partial charge in [0.25, 0.3) is 0 Å². The first-order chi connectivity index (χ1) is 13.5. The molecule has 0 spiro atoms. The normalized spacial score (nSPS) is 11.1. The molecule has 3 heterocycles. The summed E-state index contributed by atoms with van der Waals surface area (Å²) in [7, 11) is 0. The Morgan fingerprint density at radius 1 is 1.32 bits per heavy atom. The quantitative estimate of drug-likeness (QED) is 0.528. The van der Waals surface area contributed by atoms with Crippen LogP contribution in [-0.4, -0.2) is 20.4 Å². The Labute approximate surface area is 165 Å². The first-order valence-corrected chi connectivity index (χ1v) is 9.87. The largest absolute Gasteiger partial charge is 0.332 e. The summed E-state index contributed by atoms with van der Waals surface area (Å²) in [6, 6.07) is 8.66. The van der Waals surface area contributed by atoms with E-state index in [1.165, 1.54) is 17.4 Å². The minimum Gasteiger partial charge on any atom is -0.332 e. The summed E-state index contributed by atoms with van der Waals surface area (Å²) in [6.45, 7) is 4.69. The van der Waals surface area contributed by atoms with E-state index in [-0.39, 0.29) is 18.0 Å². The van der Waals surface area contributed by atoms with Crippen molar-refractivity contribution >= 4 is 34.0 Å². The van der Waals surface area contributed by atoms with Crippen molar-refractivity contribution in [2.75, 3.05) is 5.32 Å². The molecule has 3 aromatic heterocycles. The Morgan fingerprint density at radius 3 is 2.96 bits per heavy atom. The smallest absolute Gasteiger partial charge is 0.230 e. The van der Waals surface area contributed by atoms with Gasteiger partial charge in [0.15, 0.2) is 0 Å². The van der Waals surface area contributed by atoms with Gasteiger partial charge in [-0.3, -0.25) is 4.79 Å². The first-order valence-electron chi connectivity index (χ1n) is 8.99. The molecule has 0 saturated heterocycles. The molecule has 0 fully saturated rings. The summed E-state index contributed by atoms with van der Waals surface area (Å²) in [6.07, 6.45) is 3.91. The van der Waals surface area contributed by atoms with E-state index in [9.17, 15) is 9.18 Å². The second-order valence-corrected chi connectivity index (χ2v) is 7.41. The number of aromatic nitrogens is 3. The minimum atomic E-state index is -0.438. The third-order valence-corrected chi connectivity index (χ3v) is 5.42. The van der Waals surface area contributed by atoms with E-state index in [1.54, 1.807) is 25.3 Å². The highest BCUT2D eigenvalue weighted by Crippen LogP contribution is 2.32. The standard InChI is InChI=1S/C21H19FN4OS/c1-3-26-11-16(15-5-4-8-23-20(15)26)21-24-14(12-28-21)10-19(27)25-18-7-6-13(2)9-17(18)22/h4-9,11-12H,3,10H2,1-2H3,(H,25,27). The van der Waals surface area contributed by atoms with Crippen molar-refractivity contribution in [1.29, 1.82) is 0 Å². The van der Waals surface area contributed by atoms with Crippen molar-refractivity contribution in [2.24, 2.45) is 0 Å². The molecule has 5 nitrogen and oxygen atoms in total. The maximum absolute atomic E-state index is 13.9. The van der Waals surface area contributed by atoms with E-state index in [2.05, 4.69) is 26.8 Å². The second kappa shape index (κ2) is 7.52. The average Bonchev–Trinajstić information content (AvgIpc) is 3.28. The molecule has 0 unspecified atom stereocenters. The van der Waals surface area contributed by atoms with Gasteiger partial charge in [0.1, 0.15) is 16.5 Å². The van der Waals surface area contributed by atoms with Gasteiger partial charge in [-0.25, -0.2) is 14.4 Å². The van der Waals surface area contributed by atoms with Gasteiger partial charge in [0.2, 0.25) is 5.91 Å². The van der Waals surface area contributed by atoms with Gasteiger partial charge in [-0.2, -0.15) is 0 Å². The van der Waals surface area contributed by atoms with Crippen LogP contribution in [0.5, 0.6) is 0 Å². The van der Waals surface area contributed by atoms with E-state index < -0.39 is 5.82 Å². The molecule has 0 aliphatic rings. The zero-order valence-electron chi connectivity index (χ0n) is 15.6. The number of carbonyl (C=O) groups excluding carboxylic acids is 1. The van der Waals surface area contributed by atoms with Crippen LogP contribution in [0.3, 0.4) is 0 Å². The van der Waals surface area contributed by atoms with Crippen molar-refractivity contribution in [3.63, 3.8) is 0 Å². The number of amides is 1. The molecule has 1 N–H and O–H groups in total. The molecule has 0 atom stereocenters. The topological polar surface area (TPSA) is 59.8 Å². The number of pyridine rings is 1. The zero-order valence-corrected chi connectivity index (χ0v) is 16.4. The highest BCUT2D eigenvalue weighted by atomic mass is 32.1. The highest BCUT2D eigenvalue weighted by Gasteiger charge is 2.15. The van der Waals surface area contributed by atoms with Gasteiger partial charge in [0, 0.05) is 35.3 Å². The summed E-state index contributed by atoms with van der Waals surface area (Å²) in [4.78, 5) is 21.4. The molecule has 7 heteroatoms. The fraction of sp³-hybridized carbons (Fsp3) is 0.190. The third-order valence-electron chi connectivity index (χ3n) is 4.50. The van der Waals surface area contributed by atoms with Gasteiger partial charge < -0.3 is 9.88 Å². The zero-order chi connectivity index (χ0) is 19.7. The number of rotatable bonds is 5. The van der Waals surface area contributed by atoms with Crippen LogP contribution in [0.15, 0.2) is 48.1 Å².